The zero-order valence-corrected chi connectivity index (χ0v) is 7.55. The Balaban J connectivity index is 2.45. The van der Waals surface area contributed by atoms with Gasteiger partial charge in [-0.05, 0) is 38.2 Å². The van der Waals surface area contributed by atoms with E-state index in [1.165, 1.54) is 5.57 Å². The quantitative estimate of drug-likeness (QED) is 0.696. The molecule has 0 heterocycles. The van der Waals surface area contributed by atoms with Crippen LogP contribution in [0.2, 0.25) is 0 Å². The highest BCUT2D eigenvalue weighted by atomic mass is 16.2. The fraction of sp³-hybridized carbons (Fsp3) is 0.700. The highest BCUT2D eigenvalue weighted by Gasteiger charge is 2.17. The lowest BCUT2D eigenvalue weighted by atomic mass is 9.85. The van der Waals surface area contributed by atoms with E-state index in [1.54, 1.807) is 6.08 Å². The van der Waals surface area contributed by atoms with Crippen molar-refractivity contribution in [3.8, 4) is 0 Å². The van der Waals surface area contributed by atoms with Gasteiger partial charge >= 0.3 is 0 Å². The van der Waals surface area contributed by atoms with E-state index < -0.39 is 0 Å². The van der Waals surface area contributed by atoms with E-state index in [2.05, 4.69) is 0 Å². The fourth-order valence-electron chi connectivity index (χ4n) is 1.70. The van der Waals surface area contributed by atoms with Gasteiger partial charge in [-0.2, -0.15) is 0 Å². The third kappa shape index (κ3) is 2.45. The first kappa shape index (κ1) is 9.46. The van der Waals surface area contributed by atoms with Gasteiger partial charge in [0.1, 0.15) is 0 Å². The van der Waals surface area contributed by atoms with E-state index in [9.17, 15) is 4.79 Å². The fourth-order valence-corrected chi connectivity index (χ4v) is 1.70. The predicted octanol–water partition coefficient (Wildman–Crippen LogP) is 1.68. The topological polar surface area (TPSA) is 37.3 Å². The standard InChI is InChI=1S/C10H16O2/c1-8-7-10(12)5-4-9(8)3-2-6-11/h7,9,11H,2-6H2,1H3. The number of aliphatic hydroxyl groups is 1. The maximum absolute atomic E-state index is 11.0. The molecular weight excluding hydrogens is 152 g/mol. The van der Waals surface area contributed by atoms with Crippen LogP contribution in [-0.2, 0) is 4.79 Å². The van der Waals surface area contributed by atoms with Crippen molar-refractivity contribution in [2.45, 2.75) is 32.6 Å². The Hall–Kier alpha value is -0.630. The van der Waals surface area contributed by atoms with Crippen LogP contribution in [0.5, 0.6) is 0 Å². The Bertz CT molecular complexity index is 194. The van der Waals surface area contributed by atoms with Gasteiger partial charge in [-0.1, -0.05) is 5.57 Å². The molecule has 1 unspecified atom stereocenters. The highest BCUT2D eigenvalue weighted by molar-refractivity contribution is 5.91. The molecule has 0 spiro atoms. The Morgan fingerprint density at radius 2 is 2.42 bits per heavy atom. The van der Waals surface area contributed by atoms with Crippen LogP contribution < -0.4 is 0 Å². The largest absolute Gasteiger partial charge is 0.396 e. The molecule has 0 aromatic carbocycles. The first-order valence-corrected chi connectivity index (χ1v) is 4.56. The third-order valence-electron chi connectivity index (χ3n) is 2.48. The van der Waals surface area contributed by atoms with Gasteiger partial charge in [0.2, 0.25) is 0 Å². The van der Waals surface area contributed by atoms with Crippen LogP contribution in [0.3, 0.4) is 0 Å². The molecule has 0 saturated carbocycles. The molecule has 0 amide bonds. The van der Waals surface area contributed by atoms with Gasteiger partial charge in [0.15, 0.2) is 5.78 Å². The Morgan fingerprint density at radius 1 is 1.67 bits per heavy atom. The minimum Gasteiger partial charge on any atom is -0.396 e. The van der Waals surface area contributed by atoms with E-state index in [1.807, 2.05) is 6.92 Å². The maximum Gasteiger partial charge on any atom is 0.155 e. The van der Waals surface area contributed by atoms with Crippen molar-refractivity contribution in [3.63, 3.8) is 0 Å². The van der Waals surface area contributed by atoms with Crippen LogP contribution in [0.15, 0.2) is 11.6 Å². The molecule has 68 valence electrons. The molecule has 0 aromatic rings. The lowest BCUT2D eigenvalue weighted by Crippen LogP contribution is -2.12. The van der Waals surface area contributed by atoms with Gasteiger partial charge in [0.05, 0.1) is 0 Å². The number of rotatable bonds is 3. The molecule has 1 aliphatic carbocycles. The van der Waals surface area contributed by atoms with Crippen molar-refractivity contribution in [1.29, 1.82) is 0 Å². The van der Waals surface area contributed by atoms with Crippen LogP contribution in [0, 0.1) is 5.92 Å². The second kappa shape index (κ2) is 4.41. The van der Waals surface area contributed by atoms with E-state index in [-0.39, 0.29) is 12.4 Å². The number of aliphatic hydroxyl groups excluding tert-OH is 1. The molecular formula is C10H16O2. The average molecular weight is 168 g/mol. The summed E-state index contributed by atoms with van der Waals surface area (Å²) in [4.78, 5) is 11.0. The number of carbonyl (C=O) groups is 1. The van der Waals surface area contributed by atoms with Crippen LogP contribution in [0.25, 0.3) is 0 Å². The Morgan fingerprint density at radius 3 is 3.00 bits per heavy atom. The molecule has 2 heteroatoms. The number of carbonyl (C=O) groups excluding carboxylic acids is 1. The van der Waals surface area contributed by atoms with Crippen LogP contribution in [0.1, 0.15) is 32.6 Å². The number of allylic oxidation sites excluding steroid dienone is 2. The van der Waals surface area contributed by atoms with E-state index >= 15 is 0 Å². The predicted molar refractivity (Wildman–Crippen MR) is 47.8 cm³/mol. The van der Waals surface area contributed by atoms with Crippen molar-refractivity contribution in [2.24, 2.45) is 5.92 Å². The van der Waals surface area contributed by atoms with Crippen LogP contribution >= 0.6 is 0 Å². The van der Waals surface area contributed by atoms with E-state index in [0.717, 1.165) is 19.3 Å². The molecule has 0 aliphatic heterocycles. The van der Waals surface area contributed by atoms with E-state index in [4.69, 9.17) is 5.11 Å². The lowest BCUT2D eigenvalue weighted by molar-refractivity contribution is -0.115. The summed E-state index contributed by atoms with van der Waals surface area (Å²) < 4.78 is 0. The monoisotopic (exact) mass is 168 g/mol. The van der Waals surface area contributed by atoms with Crippen LogP contribution in [0.4, 0.5) is 0 Å². The number of ketones is 1. The van der Waals surface area contributed by atoms with Crippen molar-refractivity contribution >= 4 is 5.78 Å². The lowest BCUT2D eigenvalue weighted by Gasteiger charge is -2.20. The number of hydrogen-bond acceptors (Lipinski definition) is 2. The molecule has 12 heavy (non-hydrogen) atoms. The first-order valence-electron chi connectivity index (χ1n) is 4.56. The van der Waals surface area contributed by atoms with Crippen molar-refractivity contribution in [1.82, 2.24) is 0 Å². The Kier molecular flexibility index (Phi) is 3.48. The second-order valence-electron chi connectivity index (χ2n) is 3.46. The normalized spacial score (nSPS) is 24.0. The molecule has 1 atom stereocenters. The summed E-state index contributed by atoms with van der Waals surface area (Å²) in [7, 11) is 0. The zero-order chi connectivity index (χ0) is 8.97. The molecule has 2 nitrogen and oxygen atoms in total. The summed E-state index contributed by atoms with van der Waals surface area (Å²) in [5.74, 6) is 0.794. The SMILES string of the molecule is CC1=CC(=O)CCC1CCCO. The molecule has 0 fully saturated rings. The highest BCUT2D eigenvalue weighted by Crippen LogP contribution is 2.26. The van der Waals surface area contributed by atoms with Crippen molar-refractivity contribution in [3.05, 3.63) is 11.6 Å². The first-order chi connectivity index (χ1) is 5.74. The minimum absolute atomic E-state index is 0.257. The zero-order valence-electron chi connectivity index (χ0n) is 7.55. The summed E-state index contributed by atoms with van der Waals surface area (Å²) in [6.45, 7) is 2.27. The summed E-state index contributed by atoms with van der Waals surface area (Å²) in [5, 5.41) is 8.65. The van der Waals surface area contributed by atoms with Crippen LogP contribution in [-0.4, -0.2) is 17.5 Å². The van der Waals surface area contributed by atoms with Gasteiger partial charge in [0.25, 0.3) is 0 Å². The van der Waals surface area contributed by atoms with Crippen molar-refractivity contribution in [2.75, 3.05) is 6.61 Å². The smallest absolute Gasteiger partial charge is 0.155 e. The second-order valence-corrected chi connectivity index (χ2v) is 3.46. The average Bonchev–Trinajstić information content (AvgIpc) is 2.03. The van der Waals surface area contributed by atoms with Gasteiger partial charge in [-0.15, -0.1) is 0 Å². The summed E-state index contributed by atoms with van der Waals surface area (Å²) in [6.07, 6.45) is 5.29. The summed E-state index contributed by atoms with van der Waals surface area (Å²) >= 11 is 0. The molecule has 0 bridgehead atoms. The molecule has 0 radical (unpaired) electrons. The maximum atomic E-state index is 11.0. The van der Waals surface area contributed by atoms with E-state index in [0.29, 0.717) is 12.3 Å². The molecule has 0 aromatic heterocycles. The number of hydrogen-bond donors (Lipinski definition) is 1. The van der Waals surface area contributed by atoms with Gasteiger partial charge < -0.3 is 5.11 Å². The summed E-state index contributed by atoms with van der Waals surface area (Å²) in [6, 6.07) is 0. The third-order valence-corrected chi connectivity index (χ3v) is 2.48. The van der Waals surface area contributed by atoms with Crippen molar-refractivity contribution < 1.29 is 9.90 Å². The van der Waals surface area contributed by atoms with Gasteiger partial charge in [0, 0.05) is 13.0 Å². The molecule has 1 aliphatic rings. The molecule has 0 saturated heterocycles. The summed E-state index contributed by atoms with van der Waals surface area (Å²) in [5.41, 5.74) is 1.19. The molecule has 1 N–H and O–H groups in total. The molecule has 1 rings (SSSR count). The Labute approximate surface area is 73.3 Å². The van der Waals surface area contributed by atoms with Gasteiger partial charge in [-0.3, -0.25) is 4.79 Å². The van der Waals surface area contributed by atoms with Gasteiger partial charge in [-0.25, -0.2) is 0 Å². The minimum atomic E-state index is 0.257.